The molecule has 1 unspecified atom stereocenters. The number of Topliss-reactive ketones (excluding diaryl/α,β-unsaturated/α-hetero) is 1. The molecule has 1 saturated carbocycles. The summed E-state index contributed by atoms with van der Waals surface area (Å²) < 4.78 is 1.75. The van der Waals surface area contributed by atoms with Crippen LogP contribution < -0.4 is 0 Å². The molecule has 0 bridgehead atoms. The van der Waals surface area contributed by atoms with E-state index in [1.165, 1.54) is 0 Å². The van der Waals surface area contributed by atoms with Crippen molar-refractivity contribution in [3.8, 4) is 0 Å². The van der Waals surface area contributed by atoms with Crippen molar-refractivity contribution in [2.24, 2.45) is 0 Å². The van der Waals surface area contributed by atoms with Gasteiger partial charge in [-0.05, 0) is 25.0 Å². The number of hydrogen-bond donors (Lipinski definition) is 0. The van der Waals surface area contributed by atoms with E-state index < -0.39 is 0 Å². The zero-order chi connectivity index (χ0) is 11.8. The van der Waals surface area contributed by atoms with Gasteiger partial charge in [-0.15, -0.1) is 9.24 Å². The van der Waals surface area contributed by atoms with Crippen molar-refractivity contribution in [3.05, 3.63) is 32.7 Å². The first-order valence-corrected chi connectivity index (χ1v) is 7.49. The maximum Gasteiger partial charge on any atom is 0.174 e. The Morgan fingerprint density at radius 2 is 1.69 bits per heavy atom. The van der Waals surface area contributed by atoms with Crippen molar-refractivity contribution < 1.29 is 4.79 Å². The van der Waals surface area contributed by atoms with Crippen molar-refractivity contribution in [3.63, 3.8) is 0 Å². The van der Waals surface area contributed by atoms with Gasteiger partial charge in [-0.25, -0.2) is 0 Å². The SMILES string of the molecule is O=C(c1c(Br)cccc1Br)C1(P)CCCC1. The van der Waals surface area contributed by atoms with Gasteiger partial charge in [0.05, 0.1) is 0 Å². The Labute approximate surface area is 115 Å². The predicted molar refractivity (Wildman–Crippen MR) is 77.1 cm³/mol. The normalized spacial score (nSPS) is 18.7. The summed E-state index contributed by atoms with van der Waals surface area (Å²) in [6.45, 7) is 0. The van der Waals surface area contributed by atoms with E-state index in [4.69, 9.17) is 0 Å². The molecule has 1 fully saturated rings. The van der Waals surface area contributed by atoms with E-state index in [1.54, 1.807) is 0 Å². The highest BCUT2D eigenvalue weighted by Gasteiger charge is 2.38. The third-order valence-electron chi connectivity index (χ3n) is 3.14. The van der Waals surface area contributed by atoms with Crippen LogP contribution in [0.15, 0.2) is 27.1 Å². The first-order valence-electron chi connectivity index (χ1n) is 5.32. The van der Waals surface area contributed by atoms with Crippen molar-refractivity contribution in [1.29, 1.82) is 0 Å². The maximum atomic E-state index is 12.5. The summed E-state index contributed by atoms with van der Waals surface area (Å²) in [7, 11) is 2.77. The van der Waals surface area contributed by atoms with E-state index in [1.807, 2.05) is 18.2 Å². The van der Waals surface area contributed by atoms with Crippen LogP contribution >= 0.6 is 41.1 Å². The van der Waals surface area contributed by atoms with Crippen LogP contribution in [0, 0.1) is 0 Å². The molecule has 86 valence electrons. The fraction of sp³-hybridized carbons (Fsp3) is 0.417. The van der Waals surface area contributed by atoms with Crippen LogP contribution in [0.1, 0.15) is 36.0 Å². The summed E-state index contributed by atoms with van der Waals surface area (Å²) in [6, 6.07) is 5.76. The van der Waals surface area contributed by atoms with E-state index in [9.17, 15) is 4.79 Å². The topological polar surface area (TPSA) is 17.1 Å². The minimum atomic E-state index is -0.244. The molecule has 0 aromatic heterocycles. The first-order chi connectivity index (χ1) is 7.54. The first kappa shape index (κ1) is 12.7. The minimum absolute atomic E-state index is 0.231. The molecule has 1 aromatic carbocycles. The van der Waals surface area contributed by atoms with Gasteiger partial charge in [-0.1, -0.05) is 50.8 Å². The third kappa shape index (κ3) is 2.27. The van der Waals surface area contributed by atoms with E-state index in [-0.39, 0.29) is 10.9 Å². The molecule has 1 aliphatic rings. The molecule has 1 aromatic rings. The number of hydrogen-bond acceptors (Lipinski definition) is 1. The van der Waals surface area contributed by atoms with Gasteiger partial charge in [0.2, 0.25) is 0 Å². The average molecular weight is 364 g/mol. The largest absolute Gasteiger partial charge is 0.293 e. The van der Waals surface area contributed by atoms with Gasteiger partial charge in [-0.3, -0.25) is 4.79 Å². The molecule has 0 saturated heterocycles. The van der Waals surface area contributed by atoms with Crippen molar-refractivity contribution >= 4 is 46.9 Å². The number of rotatable bonds is 2. The highest BCUT2D eigenvalue weighted by Crippen LogP contribution is 2.42. The van der Waals surface area contributed by atoms with Crippen LogP contribution in [-0.4, -0.2) is 10.9 Å². The Morgan fingerprint density at radius 1 is 1.19 bits per heavy atom. The zero-order valence-corrected chi connectivity index (χ0v) is 13.1. The molecule has 0 spiro atoms. The van der Waals surface area contributed by atoms with Crippen molar-refractivity contribution in [2.45, 2.75) is 30.8 Å². The van der Waals surface area contributed by atoms with E-state index in [2.05, 4.69) is 41.1 Å². The van der Waals surface area contributed by atoms with Crippen LogP contribution in [0.4, 0.5) is 0 Å². The van der Waals surface area contributed by atoms with E-state index in [0.29, 0.717) is 0 Å². The number of halogens is 2. The maximum absolute atomic E-state index is 12.5. The second-order valence-electron chi connectivity index (χ2n) is 4.29. The average Bonchev–Trinajstić information content (AvgIpc) is 2.66. The van der Waals surface area contributed by atoms with Gasteiger partial charge < -0.3 is 0 Å². The summed E-state index contributed by atoms with van der Waals surface area (Å²) in [5.41, 5.74) is 0.777. The van der Waals surface area contributed by atoms with Gasteiger partial charge in [0, 0.05) is 19.7 Å². The quantitative estimate of drug-likeness (QED) is 0.555. The molecule has 1 atom stereocenters. The zero-order valence-electron chi connectivity index (χ0n) is 8.80. The summed E-state index contributed by atoms with van der Waals surface area (Å²) in [5, 5.41) is -0.244. The van der Waals surface area contributed by atoms with Crippen LogP contribution in [0.5, 0.6) is 0 Å². The smallest absolute Gasteiger partial charge is 0.174 e. The minimum Gasteiger partial charge on any atom is -0.293 e. The molecule has 2 rings (SSSR count). The number of ketones is 1. The van der Waals surface area contributed by atoms with Crippen molar-refractivity contribution in [2.75, 3.05) is 0 Å². The lowest BCUT2D eigenvalue weighted by molar-refractivity contribution is 0.0942. The Kier molecular flexibility index (Phi) is 3.88. The molecule has 1 aliphatic carbocycles. The molecular weight excluding hydrogens is 351 g/mol. The molecule has 16 heavy (non-hydrogen) atoms. The lowest BCUT2D eigenvalue weighted by Gasteiger charge is -2.22. The Morgan fingerprint density at radius 3 is 2.19 bits per heavy atom. The lowest BCUT2D eigenvalue weighted by atomic mass is 9.95. The molecule has 0 N–H and O–H groups in total. The molecule has 0 amide bonds. The molecule has 0 radical (unpaired) electrons. The van der Waals surface area contributed by atoms with Gasteiger partial charge >= 0.3 is 0 Å². The molecule has 4 heteroatoms. The summed E-state index contributed by atoms with van der Waals surface area (Å²) in [4.78, 5) is 12.5. The van der Waals surface area contributed by atoms with Gasteiger partial charge in [0.15, 0.2) is 5.78 Å². The fourth-order valence-corrected chi connectivity index (χ4v) is 4.11. The molecular formula is C12H13Br2OP. The highest BCUT2D eigenvalue weighted by molar-refractivity contribution is 9.11. The third-order valence-corrected chi connectivity index (χ3v) is 5.30. The Balaban J connectivity index is 2.41. The van der Waals surface area contributed by atoms with Crippen LogP contribution in [0.25, 0.3) is 0 Å². The summed E-state index contributed by atoms with van der Waals surface area (Å²) >= 11 is 6.92. The van der Waals surface area contributed by atoms with Gasteiger partial charge in [-0.2, -0.15) is 0 Å². The Hall–Kier alpha value is 0.280. The molecule has 1 nitrogen and oxygen atoms in total. The van der Waals surface area contributed by atoms with Crippen LogP contribution in [0.3, 0.4) is 0 Å². The number of benzene rings is 1. The van der Waals surface area contributed by atoms with Gasteiger partial charge in [0.25, 0.3) is 0 Å². The van der Waals surface area contributed by atoms with E-state index in [0.717, 1.165) is 40.2 Å². The van der Waals surface area contributed by atoms with Gasteiger partial charge in [0.1, 0.15) is 0 Å². The standard InChI is InChI=1S/C12H13Br2OP/c13-8-4-3-5-9(14)10(8)11(15)12(16)6-1-2-7-12/h3-5H,1-2,6-7,16H2. The molecule has 0 heterocycles. The van der Waals surface area contributed by atoms with Crippen LogP contribution in [0.2, 0.25) is 0 Å². The number of carbonyl (C=O) groups excluding carboxylic acids is 1. The number of carbonyl (C=O) groups is 1. The predicted octanol–water partition coefficient (Wildman–Crippen LogP) is 4.58. The molecule has 0 aliphatic heterocycles. The Bertz CT molecular complexity index is 405. The van der Waals surface area contributed by atoms with Crippen LogP contribution in [-0.2, 0) is 0 Å². The fourth-order valence-electron chi connectivity index (χ4n) is 2.20. The second-order valence-corrected chi connectivity index (χ2v) is 7.10. The second kappa shape index (κ2) is 4.88. The van der Waals surface area contributed by atoms with Crippen molar-refractivity contribution in [1.82, 2.24) is 0 Å². The monoisotopic (exact) mass is 362 g/mol. The summed E-state index contributed by atoms with van der Waals surface area (Å²) in [5.74, 6) is 0.231. The summed E-state index contributed by atoms with van der Waals surface area (Å²) in [6.07, 6.45) is 4.25. The lowest BCUT2D eigenvalue weighted by Crippen LogP contribution is -2.29. The van der Waals surface area contributed by atoms with E-state index >= 15 is 0 Å². The highest BCUT2D eigenvalue weighted by atomic mass is 79.9.